The summed E-state index contributed by atoms with van der Waals surface area (Å²) in [6.45, 7) is 0.101. The second kappa shape index (κ2) is 11.7. The second-order valence-corrected chi connectivity index (χ2v) is 8.41. The second-order valence-electron chi connectivity index (χ2n) is 6.24. The number of amides is 1. The topological polar surface area (TPSA) is 120 Å². The molecule has 0 aromatic heterocycles. The molecule has 0 spiro atoms. The van der Waals surface area contributed by atoms with Crippen molar-refractivity contribution in [2.24, 2.45) is 0 Å². The van der Waals surface area contributed by atoms with E-state index in [0.29, 0.717) is 17.2 Å². The predicted molar refractivity (Wildman–Crippen MR) is 114 cm³/mol. The summed E-state index contributed by atoms with van der Waals surface area (Å²) in [4.78, 5) is 23.7. The fourth-order valence-electron chi connectivity index (χ4n) is 2.43. The van der Waals surface area contributed by atoms with Crippen LogP contribution < -0.4 is 14.8 Å². The van der Waals surface area contributed by atoms with E-state index in [4.69, 9.17) is 25.8 Å². The lowest BCUT2D eigenvalue weighted by atomic mass is 10.2. The lowest BCUT2D eigenvalue weighted by molar-refractivity contribution is -0.124. The Balaban J connectivity index is 2.10. The van der Waals surface area contributed by atoms with Crippen LogP contribution in [0.25, 0.3) is 0 Å². The summed E-state index contributed by atoms with van der Waals surface area (Å²) in [5, 5.41) is 3.04. The first-order valence-electron chi connectivity index (χ1n) is 9.11. The first-order valence-corrected chi connectivity index (χ1v) is 11.0. The van der Waals surface area contributed by atoms with Gasteiger partial charge in [0.1, 0.15) is 10.6 Å². The molecule has 31 heavy (non-hydrogen) atoms. The molecule has 168 valence electrons. The van der Waals surface area contributed by atoms with Crippen LogP contribution in [-0.2, 0) is 30.8 Å². The molecule has 0 heterocycles. The smallest absolute Gasteiger partial charge is 0.338 e. The van der Waals surface area contributed by atoms with Gasteiger partial charge < -0.3 is 19.5 Å². The van der Waals surface area contributed by atoms with Gasteiger partial charge in [-0.25, -0.2) is 17.9 Å². The minimum absolute atomic E-state index is 0.0129. The minimum atomic E-state index is -4.02. The lowest BCUT2D eigenvalue weighted by Crippen LogP contribution is -2.31. The SMILES string of the molecule is COCCNC(=O)COC(=O)c1ccc(OC)c(S(=O)(=O)NCc2ccc(Cl)cc2)c1. The van der Waals surface area contributed by atoms with E-state index >= 15 is 0 Å². The van der Waals surface area contributed by atoms with Gasteiger partial charge in [-0.15, -0.1) is 0 Å². The van der Waals surface area contributed by atoms with Crippen LogP contribution in [0.2, 0.25) is 5.02 Å². The van der Waals surface area contributed by atoms with Gasteiger partial charge in [-0.05, 0) is 35.9 Å². The van der Waals surface area contributed by atoms with E-state index in [2.05, 4.69) is 10.0 Å². The molecule has 1 amide bonds. The number of carbonyl (C=O) groups excluding carboxylic acids is 2. The van der Waals surface area contributed by atoms with Crippen molar-refractivity contribution in [2.75, 3.05) is 34.0 Å². The molecule has 2 N–H and O–H groups in total. The first-order chi connectivity index (χ1) is 14.8. The van der Waals surface area contributed by atoms with E-state index in [1.54, 1.807) is 24.3 Å². The number of sulfonamides is 1. The van der Waals surface area contributed by atoms with E-state index in [1.165, 1.54) is 26.4 Å². The third kappa shape index (κ3) is 7.51. The number of esters is 1. The summed E-state index contributed by atoms with van der Waals surface area (Å²) >= 11 is 5.83. The molecule has 0 aliphatic rings. The molecule has 0 aliphatic carbocycles. The highest BCUT2D eigenvalue weighted by molar-refractivity contribution is 7.89. The van der Waals surface area contributed by atoms with Crippen LogP contribution in [-0.4, -0.2) is 54.3 Å². The molecular formula is C20H23ClN2O7S. The van der Waals surface area contributed by atoms with Gasteiger partial charge in [0.25, 0.3) is 5.91 Å². The van der Waals surface area contributed by atoms with Gasteiger partial charge in [0.15, 0.2) is 6.61 Å². The zero-order valence-corrected chi connectivity index (χ0v) is 18.6. The van der Waals surface area contributed by atoms with Crippen LogP contribution >= 0.6 is 11.6 Å². The third-order valence-electron chi connectivity index (χ3n) is 4.03. The van der Waals surface area contributed by atoms with Crippen molar-refractivity contribution in [1.29, 1.82) is 0 Å². The Labute approximate surface area is 185 Å². The Kier molecular flexibility index (Phi) is 9.25. The number of hydrogen-bond acceptors (Lipinski definition) is 7. The molecule has 0 atom stereocenters. The van der Waals surface area contributed by atoms with Crippen LogP contribution in [0, 0.1) is 0 Å². The van der Waals surface area contributed by atoms with Crippen molar-refractivity contribution in [3.63, 3.8) is 0 Å². The molecular weight excluding hydrogens is 448 g/mol. The number of halogens is 1. The molecule has 0 unspecified atom stereocenters. The molecule has 2 aromatic carbocycles. The van der Waals surface area contributed by atoms with Crippen molar-refractivity contribution in [3.8, 4) is 5.75 Å². The fourth-order valence-corrected chi connectivity index (χ4v) is 3.77. The Morgan fingerprint density at radius 1 is 1.06 bits per heavy atom. The average molecular weight is 471 g/mol. The highest BCUT2D eigenvalue weighted by atomic mass is 35.5. The molecule has 9 nitrogen and oxygen atoms in total. The molecule has 0 aliphatic heterocycles. The molecule has 0 fully saturated rings. The Morgan fingerprint density at radius 2 is 1.77 bits per heavy atom. The first kappa shape index (κ1) is 24.6. The standard InChI is InChI=1S/C20H23ClN2O7S/c1-28-10-9-22-19(24)13-30-20(25)15-5-8-17(29-2)18(11-15)31(26,27)23-12-14-3-6-16(21)7-4-14/h3-8,11,23H,9-10,12-13H2,1-2H3,(H,22,24). The predicted octanol–water partition coefficient (Wildman–Crippen LogP) is 1.75. The number of ether oxygens (including phenoxy) is 3. The van der Waals surface area contributed by atoms with E-state index in [-0.39, 0.29) is 29.3 Å². The number of carbonyl (C=O) groups is 2. The normalized spacial score (nSPS) is 11.1. The lowest BCUT2D eigenvalue weighted by Gasteiger charge is -2.12. The van der Waals surface area contributed by atoms with Gasteiger partial charge in [0.05, 0.1) is 19.3 Å². The van der Waals surface area contributed by atoms with E-state index in [9.17, 15) is 18.0 Å². The third-order valence-corrected chi connectivity index (χ3v) is 5.71. The Hall–Kier alpha value is -2.66. The Bertz CT molecular complexity index is 1010. The van der Waals surface area contributed by atoms with Gasteiger partial charge in [0, 0.05) is 25.2 Å². The van der Waals surface area contributed by atoms with Crippen molar-refractivity contribution < 1.29 is 32.2 Å². The van der Waals surface area contributed by atoms with Crippen LogP contribution in [0.3, 0.4) is 0 Å². The van der Waals surface area contributed by atoms with Crippen molar-refractivity contribution >= 4 is 33.5 Å². The van der Waals surface area contributed by atoms with Gasteiger partial charge >= 0.3 is 5.97 Å². The maximum absolute atomic E-state index is 12.8. The summed E-state index contributed by atoms with van der Waals surface area (Å²) in [5.74, 6) is -1.30. The maximum Gasteiger partial charge on any atom is 0.338 e. The average Bonchev–Trinajstić information content (AvgIpc) is 2.76. The van der Waals surface area contributed by atoms with Crippen LogP contribution in [0.5, 0.6) is 5.75 Å². The number of benzene rings is 2. The molecule has 0 bridgehead atoms. The number of nitrogens with one attached hydrogen (secondary N) is 2. The van der Waals surface area contributed by atoms with Crippen LogP contribution in [0.4, 0.5) is 0 Å². The highest BCUT2D eigenvalue weighted by Gasteiger charge is 2.22. The molecule has 0 saturated carbocycles. The van der Waals surface area contributed by atoms with E-state index < -0.39 is 28.5 Å². The maximum atomic E-state index is 12.8. The monoisotopic (exact) mass is 470 g/mol. The number of methoxy groups -OCH3 is 2. The zero-order chi connectivity index (χ0) is 22.9. The van der Waals surface area contributed by atoms with Crippen molar-refractivity contribution in [3.05, 3.63) is 58.6 Å². The van der Waals surface area contributed by atoms with Gasteiger partial charge in [-0.2, -0.15) is 0 Å². The summed E-state index contributed by atoms with van der Waals surface area (Å²) < 4.78 is 42.9. The summed E-state index contributed by atoms with van der Waals surface area (Å²) in [6, 6.07) is 10.5. The fraction of sp³-hybridized carbons (Fsp3) is 0.300. The summed E-state index contributed by atoms with van der Waals surface area (Å²) in [6.07, 6.45) is 0. The largest absolute Gasteiger partial charge is 0.495 e. The number of rotatable bonds is 11. The van der Waals surface area contributed by atoms with E-state index in [1.807, 2.05) is 0 Å². The van der Waals surface area contributed by atoms with Gasteiger partial charge in [0.2, 0.25) is 10.0 Å². The molecule has 0 radical (unpaired) electrons. The summed E-state index contributed by atoms with van der Waals surface area (Å²) in [7, 11) is -1.22. The quantitative estimate of drug-likeness (QED) is 0.379. The number of hydrogen-bond donors (Lipinski definition) is 2. The molecule has 11 heteroatoms. The van der Waals surface area contributed by atoms with Gasteiger partial charge in [-0.1, -0.05) is 23.7 Å². The van der Waals surface area contributed by atoms with Crippen molar-refractivity contribution in [2.45, 2.75) is 11.4 Å². The Morgan fingerprint density at radius 3 is 2.42 bits per heavy atom. The van der Waals surface area contributed by atoms with Crippen LogP contribution in [0.15, 0.2) is 47.4 Å². The molecule has 0 saturated heterocycles. The minimum Gasteiger partial charge on any atom is -0.495 e. The molecule has 2 aromatic rings. The zero-order valence-electron chi connectivity index (χ0n) is 17.0. The van der Waals surface area contributed by atoms with Crippen molar-refractivity contribution in [1.82, 2.24) is 10.0 Å². The summed E-state index contributed by atoms with van der Waals surface area (Å²) in [5.41, 5.74) is 0.652. The van der Waals surface area contributed by atoms with Crippen LogP contribution in [0.1, 0.15) is 15.9 Å². The van der Waals surface area contributed by atoms with E-state index in [0.717, 1.165) is 6.07 Å². The van der Waals surface area contributed by atoms with Gasteiger partial charge in [-0.3, -0.25) is 4.79 Å². The highest BCUT2D eigenvalue weighted by Crippen LogP contribution is 2.25. The molecule has 2 rings (SSSR count).